The quantitative estimate of drug-likeness (QED) is 0.929. The molecular weight excluding hydrogens is 270 g/mol. The third kappa shape index (κ3) is 2.90. The highest BCUT2D eigenvalue weighted by Gasteiger charge is 2.20. The molecule has 2 aromatic rings. The van der Waals surface area contributed by atoms with Crippen molar-refractivity contribution in [3.05, 3.63) is 64.7 Å². The van der Waals surface area contributed by atoms with E-state index < -0.39 is 0 Å². The molecule has 0 unspecified atom stereocenters. The second-order valence-electron chi connectivity index (χ2n) is 5.40. The molecule has 110 valence electrons. The fourth-order valence-electron chi connectivity index (χ4n) is 2.85. The van der Waals surface area contributed by atoms with E-state index >= 15 is 0 Å². The van der Waals surface area contributed by atoms with Crippen LogP contribution >= 0.6 is 0 Å². The average molecular weight is 288 g/mol. The van der Waals surface area contributed by atoms with Crippen LogP contribution in [0.25, 0.3) is 0 Å². The molecule has 0 spiro atoms. The average Bonchev–Trinajstić information content (AvgIpc) is 2.85. The van der Waals surface area contributed by atoms with E-state index in [4.69, 9.17) is 0 Å². The van der Waals surface area contributed by atoms with Gasteiger partial charge in [0.05, 0.1) is 0 Å². The van der Waals surface area contributed by atoms with Crippen LogP contribution in [0.5, 0.6) is 0 Å². The topological polar surface area (TPSA) is 15.3 Å². The van der Waals surface area contributed by atoms with Crippen LogP contribution in [0.2, 0.25) is 0 Å². The molecule has 1 N–H and O–H groups in total. The van der Waals surface area contributed by atoms with Crippen molar-refractivity contribution in [2.75, 3.05) is 18.5 Å². The van der Waals surface area contributed by atoms with Crippen molar-refractivity contribution < 1.29 is 8.78 Å². The Bertz CT molecular complexity index is 655. The van der Waals surface area contributed by atoms with Gasteiger partial charge in [0.1, 0.15) is 11.6 Å². The van der Waals surface area contributed by atoms with Crippen LogP contribution in [-0.4, -0.2) is 13.6 Å². The summed E-state index contributed by atoms with van der Waals surface area (Å²) in [5.74, 6) is -0.454. The molecule has 0 radical (unpaired) electrons. The van der Waals surface area contributed by atoms with Gasteiger partial charge < -0.3 is 10.2 Å². The fraction of sp³-hybridized carbons (Fsp3) is 0.294. The van der Waals surface area contributed by atoms with Crippen LogP contribution in [-0.2, 0) is 19.5 Å². The van der Waals surface area contributed by atoms with E-state index in [0.29, 0.717) is 18.7 Å². The number of nitrogens with zero attached hydrogens (tertiary/aromatic N) is 1. The summed E-state index contributed by atoms with van der Waals surface area (Å²) in [7, 11) is 1.86. The molecule has 2 aromatic carbocycles. The molecule has 0 bridgehead atoms. The first-order valence-electron chi connectivity index (χ1n) is 7.12. The zero-order chi connectivity index (χ0) is 14.8. The largest absolute Gasteiger partial charge is 0.366 e. The number of hydrogen-bond donors (Lipinski definition) is 1. The molecule has 0 atom stereocenters. The van der Waals surface area contributed by atoms with Gasteiger partial charge in [-0.1, -0.05) is 12.1 Å². The number of anilines is 1. The maximum Gasteiger partial charge on any atom is 0.128 e. The van der Waals surface area contributed by atoms with Gasteiger partial charge in [-0.3, -0.25) is 0 Å². The first-order valence-corrected chi connectivity index (χ1v) is 7.12. The molecular formula is C17H18F2N2. The SMILES string of the molecule is CNCc1ccc(F)c(CN2CCc3ccc(F)cc32)c1. The van der Waals surface area contributed by atoms with Crippen LogP contribution in [0.4, 0.5) is 14.5 Å². The Labute approximate surface area is 123 Å². The number of rotatable bonds is 4. The molecule has 1 aliphatic rings. The normalized spacial score (nSPS) is 13.6. The van der Waals surface area contributed by atoms with Crippen molar-refractivity contribution in [1.82, 2.24) is 5.32 Å². The van der Waals surface area contributed by atoms with Crippen molar-refractivity contribution in [1.29, 1.82) is 0 Å². The molecule has 4 heteroatoms. The molecule has 21 heavy (non-hydrogen) atoms. The van der Waals surface area contributed by atoms with Gasteiger partial charge in [0.2, 0.25) is 0 Å². The summed E-state index contributed by atoms with van der Waals surface area (Å²) in [6, 6.07) is 10.0. The predicted molar refractivity (Wildman–Crippen MR) is 80.3 cm³/mol. The molecule has 0 saturated carbocycles. The zero-order valence-electron chi connectivity index (χ0n) is 12.0. The second kappa shape index (κ2) is 5.82. The van der Waals surface area contributed by atoms with Crippen molar-refractivity contribution >= 4 is 5.69 Å². The van der Waals surface area contributed by atoms with E-state index in [2.05, 4.69) is 5.32 Å². The van der Waals surface area contributed by atoms with Gasteiger partial charge >= 0.3 is 0 Å². The summed E-state index contributed by atoms with van der Waals surface area (Å²) in [6.07, 6.45) is 0.882. The van der Waals surface area contributed by atoms with Gasteiger partial charge in [0, 0.05) is 30.9 Å². The van der Waals surface area contributed by atoms with Crippen LogP contribution in [0.15, 0.2) is 36.4 Å². The summed E-state index contributed by atoms with van der Waals surface area (Å²) in [5, 5.41) is 3.06. The lowest BCUT2D eigenvalue weighted by molar-refractivity contribution is 0.603. The van der Waals surface area contributed by atoms with Gasteiger partial charge in [0.15, 0.2) is 0 Å². The van der Waals surface area contributed by atoms with Crippen LogP contribution in [0.1, 0.15) is 16.7 Å². The van der Waals surface area contributed by atoms with Gasteiger partial charge in [-0.15, -0.1) is 0 Å². The van der Waals surface area contributed by atoms with Gasteiger partial charge in [-0.2, -0.15) is 0 Å². The summed E-state index contributed by atoms with van der Waals surface area (Å²) in [5.41, 5.74) is 3.71. The van der Waals surface area contributed by atoms with Crippen LogP contribution in [0, 0.1) is 11.6 Å². The van der Waals surface area contributed by atoms with E-state index in [1.54, 1.807) is 6.07 Å². The van der Waals surface area contributed by atoms with Crippen molar-refractivity contribution in [2.45, 2.75) is 19.5 Å². The van der Waals surface area contributed by atoms with Gasteiger partial charge in [0.25, 0.3) is 0 Å². The van der Waals surface area contributed by atoms with Gasteiger partial charge in [-0.25, -0.2) is 8.78 Å². The molecule has 3 rings (SSSR count). The fourth-order valence-corrected chi connectivity index (χ4v) is 2.85. The predicted octanol–water partition coefficient (Wildman–Crippen LogP) is 3.25. The molecule has 0 saturated heterocycles. The summed E-state index contributed by atoms with van der Waals surface area (Å²) in [6.45, 7) is 1.98. The van der Waals surface area contributed by atoms with E-state index in [9.17, 15) is 8.78 Å². The molecule has 2 nitrogen and oxygen atoms in total. The zero-order valence-corrected chi connectivity index (χ0v) is 12.0. The Morgan fingerprint density at radius 1 is 1.14 bits per heavy atom. The van der Waals surface area contributed by atoms with Crippen molar-refractivity contribution in [3.8, 4) is 0 Å². The smallest absolute Gasteiger partial charge is 0.128 e. The third-order valence-electron chi connectivity index (χ3n) is 3.89. The Morgan fingerprint density at radius 3 is 2.81 bits per heavy atom. The summed E-state index contributed by atoms with van der Waals surface area (Å²) in [4.78, 5) is 2.04. The standard InChI is InChI=1S/C17H18F2N2/c1-20-10-12-2-5-16(19)14(8-12)11-21-7-6-13-3-4-15(18)9-17(13)21/h2-5,8-9,20H,6-7,10-11H2,1H3. The van der Waals surface area contributed by atoms with Gasteiger partial charge in [-0.05, 0) is 48.9 Å². The number of hydrogen-bond acceptors (Lipinski definition) is 2. The Morgan fingerprint density at radius 2 is 2.00 bits per heavy atom. The summed E-state index contributed by atoms with van der Waals surface area (Å²) >= 11 is 0. The molecule has 1 heterocycles. The Kier molecular flexibility index (Phi) is 3.88. The monoisotopic (exact) mass is 288 g/mol. The lowest BCUT2D eigenvalue weighted by Crippen LogP contribution is -2.20. The van der Waals surface area contributed by atoms with E-state index in [1.165, 1.54) is 18.2 Å². The molecule has 0 aliphatic carbocycles. The highest BCUT2D eigenvalue weighted by molar-refractivity contribution is 5.58. The molecule has 0 amide bonds. The minimum absolute atomic E-state index is 0.209. The highest BCUT2D eigenvalue weighted by Crippen LogP contribution is 2.30. The lowest BCUT2D eigenvalue weighted by atomic mass is 10.1. The first kappa shape index (κ1) is 14.0. The highest BCUT2D eigenvalue weighted by atomic mass is 19.1. The number of nitrogens with one attached hydrogen (secondary N) is 1. The molecule has 0 fully saturated rings. The lowest BCUT2D eigenvalue weighted by Gasteiger charge is -2.20. The van der Waals surface area contributed by atoms with E-state index in [-0.39, 0.29) is 11.6 Å². The maximum atomic E-state index is 14.0. The molecule has 0 aromatic heterocycles. The number of fused-ring (bicyclic) bond motifs is 1. The minimum atomic E-state index is -0.245. The molecule has 1 aliphatic heterocycles. The second-order valence-corrected chi connectivity index (χ2v) is 5.40. The van der Waals surface area contributed by atoms with Crippen molar-refractivity contribution in [2.24, 2.45) is 0 Å². The third-order valence-corrected chi connectivity index (χ3v) is 3.89. The van der Waals surface area contributed by atoms with Crippen LogP contribution < -0.4 is 10.2 Å². The first-order chi connectivity index (χ1) is 10.2. The maximum absolute atomic E-state index is 14.0. The summed E-state index contributed by atoms with van der Waals surface area (Å²) < 4.78 is 27.4. The number of benzene rings is 2. The van der Waals surface area contributed by atoms with Crippen molar-refractivity contribution in [3.63, 3.8) is 0 Å². The number of halogens is 2. The van der Waals surface area contributed by atoms with Crippen LogP contribution in [0.3, 0.4) is 0 Å². The minimum Gasteiger partial charge on any atom is -0.366 e. The Hall–Kier alpha value is -1.94. The Balaban J connectivity index is 1.85. The van der Waals surface area contributed by atoms with E-state index in [0.717, 1.165) is 29.8 Å². The van der Waals surface area contributed by atoms with E-state index in [1.807, 2.05) is 24.1 Å².